The predicted molar refractivity (Wildman–Crippen MR) is 98.7 cm³/mol. The minimum Gasteiger partial charge on any atom is -0.492 e. The third-order valence-corrected chi connectivity index (χ3v) is 5.02. The highest BCUT2D eigenvalue weighted by Crippen LogP contribution is 2.38. The topological polar surface area (TPSA) is 77.0 Å². The van der Waals surface area contributed by atoms with Crippen molar-refractivity contribution >= 4 is 33.6 Å². The number of nitrogens with one attached hydrogen (secondary N) is 1. The van der Waals surface area contributed by atoms with E-state index >= 15 is 0 Å². The molecule has 0 radical (unpaired) electrons. The van der Waals surface area contributed by atoms with Gasteiger partial charge in [0.05, 0.1) is 28.8 Å². The molecule has 0 aromatic heterocycles. The van der Waals surface area contributed by atoms with Crippen LogP contribution in [0.5, 0.6) is 11.5 Å². The summed E-state index contributed by atoms with van der Waals surface area (Å²) in [5.74, 6) is 0.676. The van der Waals surface area contributed by atoms with Crippen LogP contribution in [0.4, 0.5) is 4.79 Å². The van der Waals surface area contributed by atoms with Crippen molar-refractivity contribution in [2.24, 2.45) is 10.9 Å². The summed E-state index contributed by atoms with van der Waals surface area (Å²) in [6.07, 6.45) is 0. The first-order chi connectivity index (χ1) is 12.5. The molecule has 132 valence electrons. The number of benzene rings is 2. The summed E-state index contributed by atoms with van der Waals surface area (Å²) in [6, 6.07) is 12.3. The van der Waals surface area contributed by atoms with Gasteiger partial charge in [0, 0.05) is 12.5 Å². The lowest BCUT2D eigenvalue weighted by molar-refractivity contribution is -0.131. The molecule has 2 aromatic carbocycles. The number of amides is 2. The Kier molecular flexibility index (Phi) is 4.24. The summed E-state index contributed by atoms with van der Waals surface area (Å²) in [6.45, 7) is 1.77. The third-order valence-electron chi connectivity index (χ3n) is 4.40. The molecule has 1 N–H and O–H groups in total. The lowest BCUT2D eigenvalue weighted by atomic mass is 9.83. The lowest BCUT2D eigenvalue weighted by Gasteiger charge is -2.36. The fourth-order valence-corrected chi connectivity index (χ4v) is 3.78. The molecular formula is C19H15BrN2O4. The number of ether oxygens (including phenoxy) is 2. The Morgan fingerprint density at radius 1 is 1.31 bits per heavy atom. The quantitative estimate of drug-likeness (QED) is 0.600. The molecule has 0 fully saturated rings. The number of hydrogen-bond acceptors (Lipinski definition) is 4. The summed E-state index contributed by atoms with van der Waals surface area (Å²) in [5.41, 5.74) is 2.46. The van der Waals surface area contributed by atoms with E-state index in [1.807, 2.05) is 36.4 Å². The summed E-state index contributed by atoms with van der Waals surface area (Å²) in [4.78, 5) is 27.6. The summed E-state index contributed by atoms with van der Waals surface area (Å²) >= 11 is 3.42. The molecule has 0 saturated carbocycles. The Morgan fingerprint density at radius 3 is 2.88 bits per heavy atom. The Labute approximate surface area is 158 Å². The van der Waals surface area contributed by atoms with Gasteiger partial charge in [0.25, 0.3) is 0 Å². The molecule has 2 aromatic rings. The van der Waals surface area contributed by atoms with E-state index in [1.54, 1.807) is 6.07 Å². The maximum absolute atomic E-state index is 12.2. The zero-order valence-corrected chi connectivity index (χ0v) is 15.4. The number of rotatable bonds is 2. The van der Waals surface area contributed by atoms with E-state index < -0.39 is 5.97 Å². The van der Waals surface area contributed by atoms with Crippen molar-refractivity contribution in [3.63, 3.8) is 0 Å². The monoisotopic (exact) mass is 414 g/mol. The van der Waals surface area contributed by atoms with Gasteiger partial charge in [0.2, 0.25) is 0 Å². The van der Waals surface area contributed by atoms with Gasteiger partial charge in [0.1, 0.15) is 11.5 Å². The lowest BCUT2D eigenvalue weighted by Crippen LogP contribution is -2.45. The number of halogens is 1. The number of carbonyl (C=O) groups is 2. The van der Waals surface area contributed by atoms with Crippen molar-refractivity contribution in [1.82, 2.24) is 5.32 Å². The number of aliphatic imine (C=N–C) groups is 1. The van der Waals surface area contributed by atoms with Crippen molar-refractivity contribution in [3.8, 4) is 11.5 Å². The molecule has 2 unspecified atom stereocenters. The Bertz CT molecular complexity index is 941. The van der Waals surface area contributed by atoms with Crippen LogP contribution in [0.1, 0.15) is 24.1 Å². The zero-order valence-electron chi connectivity index (χ0n) is 13.9. The van der Waals surface area contributed by atoms with Crippen LogP contribution in [0.3, 0.4) is 0 Å². The molecule has 0 spiro atoms. The Hall–Kier alpha value is -2.67. The van der Waals surface area contributed by atoms with E-state index in [9.17, 15) is 9.59 Å². The smallest absolute Gasteiger partial charge is 0.341 e. The Balaban J connectivity index is 1.71. The van der Waals surface area contributed by atoms with Crippen LogP contribution in [-0.2, 0) is 4.79 Å². The largest absolute Gasteiger partial charge is 0.492 e. The highest BCUT2D eigenvalue weighted by Gasteiger charge is 2.38. The number of carbonyl (C=O) groups excluding carboxylic acids is 2. The zero-order chi connectivity index (χ0) is 18.3. The summed E-state index contributed by atoms with van der Waals surface area (Å²) in [5, 5.41) is 2.92. The molecule has 2 atom stereocenters. The molecule has 7 heteroatoms. The van der Waals surface area contributed by atoms with Crippen LogP contribution in [0.25, 0.3) is 0 Å². The fourth-order valence-electron chi connectivity index (χ4n) is 3.30. The van der Waals surface area contributed by atoms with E-state index in [0.717, 1.165) is 22.6 Å². The third kappa shape index (κ3) is 2.99. The van der Waals surface area contributed by atoms with E-state index in [0.29, 0.717) is 16.8 Å². The van der Waals surface area contributed by atoms with Crippen molar-refractivity contribution < 1.29 is 19.1 Å². The molecule has 0 aliphatic carbocycles. The summed E-state index contributed by atoms with van der Waals surface area (Å²) < 4.78 is 11.7. The van der Waals surface area contributed by atoms with Crippen molar-refractivity contribution in [3.05, 3.63) is 58.1 Å². The van der Waals surface area contributed by atoms with E-state index in [-0.39, 0.29) is 18.0 Å². The van der Waals surface area contributed by atoms with Gasteiger partial charge in [0.15, 0.2) is 0 Å². The predicted octanol–water partition coefficient (Wildman–Crippen LogP) is 3.64. The molecule has 2 aliphatic heterocycles. The first kappa shape index (κ1) is 16.8. The molecule has 4 rings (SSSR count). The minimum atomic E-state index is -0.392. The van der Waals surface area contributed by atoms with Gasteiger partial charge in [-0.2, -0.15) is 4.99 Å². The highest BCUT2D eigenvalue weighted by molar-refractivity contribution is 9.10. The molecule has 2 heterocycles. The van der Waals surface area contributed by atoms with Gasteiger partial charge in [-0.05, 0) is 45.8 Å². The van der Waals surface area contributed by atoms with Crippen LogP contribution in [0.15, 0.2) is 51.9 Å². The van der Waals surface area contributed by atoms with Crippen LogP contribution in [-0.4, -0.2) is 24.3 Å². The van der Waals surface area contributed by atoms with Gasteiger partial charge in [-0.3, -0.25) is 4.79 Å². The molecule has 6 nitrogen and oxygen atoms in total. The standard InChI is InChI=1S/C19H15BrN2O4/c1-10(23)26-16-7-6-11(8-14(16)20)17-13-9-25-15-5-3-2-4-12(15)18(13)22-19(24)21-17/h2-8,13,17H,9H2,1H3,(H,21,24). The van der Waals surface area contributed by atoms with Gasteiger partial charge in [-0.15, -0.1) is 0 Å². The number of esters is 1. The van der Waals surface area contributed by atoms with Crippen LogP contribution in [0.2, 0.25) is 0 Å². The second kappa shape index (κ2) is 6.57. The van der Waals surface area contributed by atoms with Gasteiger partial charge in [-0.25, -0.2) is 4.79 Å². The van der Waals surface area contributed by atoms with Crippen molar-refractivity contribution in [2.75, 3.05) is 6.61 Å². The van der Waals surface area contributed by atoms with Crippen LogP contribution in [0, 0.1) is 5.92 Å². The maximum Gasteiger partial charge on any atom is 0.341 e. The SMILES string of the molecule is CC(=O)Oc1ccc(C2NC(=O)N=C3c4ccccc4OCC32)cc1Br. The number of nitrogens with zero attached hydrogens (tertiary/aromatic N) is 1. The molecule has 0 saturated heterocycles. The first-order valence-corrected chi connectivity index (χ1v) is 8.91. The summed E-state index contributed by atoms with van der Waals surface area (Å²) in [7, 11) is 0. The second-order valence-corrected chi connectivity index (χ2v) is 6.98. The number of fused-ring (bicyclic) bond motifs is 3. The first-order valence-electron chi connectivity index (χ1n) is 8.12. The van der Waals surface area contributed by atoms with E-state index in [4.69, 9.17) is 9.47 Å². The number of para-hydroxylation sites is 1. The van der Waals surface area contributed by atoms with Gasteiger partial charge >= 0.3 is 12.0 Å². The van der Waals surface area contributed by atoms with Crippen LogP contribution >= 0.6 is 15.9 Å². The van der Waals surface area contributed by atoms with Crippen molar-refractivity contribution in [2.45, 2.75) is 13.0 Å². The van der Waals surface area contributed by atoms with Gasteiger partial charge in [-0.1, -0.05) is 18.2 Å². The molecular weight excluding hydrogens is 400 g/mol. The highest BCUT2D eigenvalue weighted by atomic mass is 79.9. The van der Waals surface area contributed by atoms with Crippen LogP contribution < -0.4 is 14.8 Å². The normalized spacial score (nSPS) is 20.8. The Morgan fingerprint density at radius 2 is 2.12 bits per heavy atom. The molecule has 2 amide bonds. The minimum absolute atomic E-state index is 0.103. The number of hydrogen-bond donors (Lipinski definition) is 1. The van der Waals surface area contributed by atoms with E-state index in [2.05, 4.69) is 26.2 Å². The molecule has 2 aliphatic rings. The maximum atomic E-state index is 12.2. The average molecular weight is 415 g/mol. The fraction of sp³-hybridized carbons (Fsp3) is 0.211. The average Bonchev–Trinajstić information content (AvgIpc) is 2.62. The molecule has 26 heavy (non-hydrogen) atoms. The van der Waals surface area contributed by atoms with E-state index in [1.165, 1.54) is 6.92 Å². The molecule has 0 bridgehead atoms. The van der Waals surface area contributed by atoms with Crippen molar-refractivity contribution in [1.29, 1.82) is 0 Å². The second-order valence-electron chi connectivity index (χ2n) is 6.12. The number of urea groups is 1. The van der Waals surface area contributed by atoms with Gasteiger partial charge < -0.3 is 14.8 Å².